The normalized spacial score (nSPS) is 15.3. The number of nitrogens with zero attached hydrogens (tertiary/aromatic N) is 2. The molecule has 3 N–H and O–H groups in total. The van der Waals surface area contributed by atoms with E-state index in [4.69, 9.17) is 0 Å². The Balaban J connectivity index is 1.47. The first-order chi connectivity index (χ1) is 13.8. The maximum absolute atomic E-state index is 12.5. The number of amides is 3. The quantitative estimate of drug-likeness (QED) is 0.472. The van der Waals surface area contributed by atoms with Gasteiger partial charge >= 0.3 is 0 Å². The van der Waals surface area contributed by atoms with E-state index in [1.807, 2.05) is 29.9 Å². The van der Waals surface area contributed by atoms with Crippen LogP contribution in [0.25, 0.3) is 6.08 Å². The number of thioether (sulfide) groups is 1. The average molecular weight is 415 g/mol. The maximum Gasteiger partial charge on any atom is 0.293 e. The Bertz CT molecular complexity index is 982. The molecule has 1 aromatic heterocycles. The molecule has 0 radical (unpaired) electrons. The highest BCUT2D eigenvalue weighted by Gasteiger charge is 2.35. The monoisotopic (exact) mass is 415 g/mol. The van der Waals surface area contributed by atoms with E-state index in [9.17, 15) is 24.6 Å². The first kappa shape index (κ1) is 20.5. The summed E-state index contributed by atoms with van der Waals surface area (Å²) in [5.41, 5.74) is 1.57. The van der Waals surface area contributed by atoms with E-state index in [2.05, 4.69) is 5.32 Å². The van der Waals surface area contributed by atoms with Crippen LogP contribution in [0.5, 0.6) is 11.5 Å². The zero-order valence-electron chi connectivity index (χ0n) is 15.8. The predicted molar refractivity (Wildman–Crippen MR) is 109 cm³/mol. The number of aryl methyl sites for hydroxylation is 1. The second-order valence-electron chi connectivity index (χ2n) is 6.55. The number of phenols is 2. The minimum absolute atomic E-state index is 0.0102. The third-order valence-corrected chi connectivity index (χ3v) is 5.38. The Labute approximate surface area is 171 Å². The molecule has 3 rings (SSSR count). The minimum Gasteiger partial charge on any atom is -0.504 e. The van der Waals surface area contributed by atoms with Crippen molar-refractivity contribution in [3.63, 3.8) is 0 Å². The molecule has 8 nitrogen and oxygen atoms in total. The molecule has 1 saturated heterocycles. The summed E-state index contributed by atoms with van der Waals surface area (Å²) in [6.07, 6.45) is 3.99. The molecule has 2 aromatic rings. The van der Waals surface area contributed by atoms with Gasteiger partial charge in [0.25, 0.3) is 11.1 Å². The molecule has 0 saturated carbocycles. The van der Waals surface area contributed by atoms with Gasteiger partial charge in [-0.3, -0.25) is 19.3 Å². The number of hydrogen-bond acceptors (Lipinski definition) is 6. The van der Waals surface area contributed by atoms with Gasteiger partial charge in [0.2, 0.25) is 5.91 Å². The van der Waals surface area contributed by atoms with Crippen molar-refractivity contribution >= 4 is 34.9 Å². The topological polar surface area (TPSA) is 112 Å². The molecule has 3 amide bonds. The highest BCUT2D eigenvalue weighted by atomic mass is 32.2. The van der Waals surface area contributed by atoms with E-state index >= 15 is 0 Å². The summed E-state index contributed by atoms with van der Waals surface area (Å²) < 4.78 is 1.84. The predicted octanol–water partition coefficient (Wildman–Crippen LogP) is 2.22. The second-order valence-corrected chi connectivity index (χ2v) is 7.54. The van der Waals surface area contributed by atoms with Gasteiger partial charge in [-0.15, -0.1) is 0 Å². The molecule has 0 spiro atoms. The molecule has 1 aromatic carbocycles. The second kappa shape index (κ2) is 8.87. The molecule has 0 aliphatic carbocycles. The maximum atomic E-state index is 12.5. The number of imide groups is 1. The lowest BCUT2D eigenvalue weighted by molar-refractivity contribution is -0.124. The van der Waals surface area contributed by atoms with Gasteiger partial charge in [-0.2, -0.15) is 0 Å². The number of carbonyl (C=O) groups is 3. The van der Waals surface area contributed by atoms with E-state index in [-0.39, 0.29) is 35.6 Å². The number of hydrogen-bond donors (Lipinski definition) is 3. The van der Waals surface area contributed by atoms with Gasteiger partial charge in [-0.1, -0.05) is 6.07 Å². The molecular weight excluding hydrogens is 394 g/mol. The van der Waals surface area contributed by atoms with Crippen molar-refractivity contribution in [1.29, 1.82) is 0 Å². The summed E-state index contributed by atoms with van der Waals surface area (Å²) >= 11 is 0.867. The van der Waals surface area contributed by atoms with Crippen LogP contribution in [0, 0.1) is 0 Å². The fraction of sp³-hybridized carbons (Fsp3) is 0.250. The molecule has 0 bridgehead atoms. The average Bonchev–Trinajstić information content (AvgIpc) is 3.19. The first-order valence-electron chi connectivity index (χ1n) is 8.99. The lowest BCUT2D eigenvalue weighted by atomic mass is 10.1. The third kappa shape index (κ3) is 5.00. The van der Waals surface area contributed by atoms with E-state index in [0.717, 1.165) is 27.9 Å². The summed E-state index contributed by atoms with van der Waals surface area (Å²) in [5, 5.41) is 21.1. The molecule has 1 aliphatic heterocycles. The van der Waals surface area contributed by atoms with E-state index < -0.39 is 5.91 Å². The van der Waals surface area contributed by atoms with E-state index in [0.29, 0.717) is 17.9 Å². The van der Waals surface area contributed by atoms with Crippen molar-refractivity contribution in [1.82, 2.24) is 14.8 Å². The summed E-state index contributed by atoms with van der Waals surface area (Å²) in [6, 6.07) is 8.16. The van der Waals surface area contributed by atoms with Gasteiger partial charge in [-0.05, 0) is 54.1 Å². The van der Waals surface area contributed by atoms with Gasteiger partial charge in [0, 0.05) is 38.4 Å². The molecule has 152 valence electrons. The van der Waals surface area contributed by atoms with Gasteiger partial charge in [0.15, 0.2) is 11.5 Å². The van der Waals surface area contributed by atoms with Gasteiger partial charge in [0.1, 0.15) is 0 Å². The molecule has 1 fully saturated rings. The third-order valence-electron chi connectivity index (χ3n) is 4.47. The van der Waals surface area contributed by atoms with Gasteiger partial charge < -0.3 is 20.1 Å². The van der Waals surface area contributed by atoms with Crippen LogP contribution in [0.2, 0.25) is 0 Å². The van der Waals surface area contributed by atoms with Crippen LogP contribution >= 0.6 is 11.8 Å². The Hall–Kier alpha value is -3.20. The standard InChI is InChI=1S/C20H21N3O5S/c1-22-9-2-3-14(22)12-17-19(27)23(20(28)29-17)10-7-18(26)21-8-6-13-4-5-15(24)16(25)11-13/h2-5,9,11-12,24-25H,6-8,10H2,1H3,(H,21,26). The molecule has 1 aliphatic rings. The zero-order chi connectivity index (χ0) is 21.0. The largest absolute Gasteiger partial charge is 0.504 e. The Kier molecular flexibility index (Phi) is 6.28. The summed E-state index contributed by atoms with van der Waals surface area (Å²) in [7, 11) is 1.85. The van der Waals surface area contributed by atoms with Gasteiger partial charge in [0.05, 0.1) is 4.91 Å². The van der Waals surface area contributed by atoms with E-state index in [1.165, 1.54) is 12.1 Å². The minimum atomic E-state index is -0.395. The fourth-order valence-corrected chi connectivity index (χ4v) is 3.67. The van der Waals surface area contributed by atoms with Crippen molar-refractivity contribution in [2.45, 2.75) is 12.8 Å². The number of phenolic OH excluding ortho intramolecular Hbond substituents is 2. The van der Waals surface area contributed by atoms with Crippen LogP contribution in [-0.2, 0) is 23.1 Å². The van der Waals surface area contributed by atoms with Crippen LogP contribution in [0.3, 0.4) is 0 Å². The summed E-state index contributed by atoms with van der Waals surface area (Å²) in [6.45, 7) is 0.347. The molecular formula is C20H21N3O5S. The number of rotatable bonds is 7. The van der Waals surface area contributed by atoms with Gasteiger partial charge in [-0.25, -0.2) is 0 Å². The number of aromatic nitrogens is 1. The van der Waals surface area contributed by atoms with Crippen molar-refractivity contribution in [2.75, 3.05) is 13.1 Å². The molecule has 29 heavy (non-hydrogen) atoms. The van der Waals surface area contributed by atoms with Crippen LogP contribution in [0.4, 0.5) is 4.79 Å². The molecule has 9 heteroatoms. The Morgan fingerprint density at radius 3 is 2.69 bits per heavy atom. The van der Waals surface area contributed by atoms with Crippen molar-refractivity contribution in [3.05, 3.63) is 52.7 Å². The molecule has 0 atom stereocenters. The van der Waals surface area contributed by atoms with Crippen molar-refractivity contribution < 1.29 is 24.6 Å². The van der Waals surface area contributed by atoms with Crippen LogP contribution in [0.1, 0.15) is 17.7 Å². The Morgan fingerprint density at radius 2 is 2.00 bits per heavy atom. The molecule has 2 heterocycles. The number of aromatic hydroxyl groups is 2. The number of nitrogens with one attached hydrogen (secondary N) is 1. The lowest BCUT2D eigenvalue weighted by Gasteiger charge is -2.12. The van der Waals surface area contributed by atoms with Crippen molar-refractivity contribution in [2.24, 2.45) is 7.05 Å². The highest BCUT2D eigenvalue weighted by Crippen LogP contribution is 2.32. The van der Waals surface area contributed by atoms with Crippen LogP contribution < -0.4 is 5.32 Å². The smallest absolute Gasteiger partial charge is 0.293 e. The van der Waals surface area contributed by atoms with Crippen molar-refractivity contribution in [3.8, 4) is 11.5 Å². The lowest BCUT2D eigenvalue weighted by Crippen LogP contribution is -2.34. The fourth-order valence-electron chi connectivity index (χ4n) is 2.82. The SMILES string of the molecule is Cn1cccc1C=C1SC(=O)N(CCC(=O)NCCc2ccc(O)c(O)c2)C1=O. The van der Waals surface area contributed by atoms with E-state index in [1.54, 1.807) is 12.1 Å². The highest BCUT2D eigenvalue weighted by molar-refractivity contribution is 8.18. The van der Waals surface area contributed by atoms with Crippen LogP contribution in [0.15, 0.2) is 41.4 Å². The summed E-state index contributed by atoms with van der Waals surface area (Å²) in [4.78, 5) is 38.0. The number of carbonyl (C=O) groups excluding carboxylic acids is 3. The Morgan fingerprint density at radius 1 is 1.21 bits per heavy atom. The van der Waals surface area contributed by atoms with Crippen LogP contribution in [-0.4, -0.2) is 49.8 Å². The first-order valence-corrected chi connectivity index (χ1v) is 9.81. The zero-order valence-corrected chi connectivity index (χ0v) is 16.6. The number of benzene rings is 1. The summed E-state index contributed by atoms with van der Waals surface area (Å²) in [5.74, 6) is -1.08. The molecule has 0 unspecified atom stereocenters.